The van der Waals surface area contributed by atoms with E-state index in [1.165, 1.54) is 51.4 Å². The van der Waals surface area contributed by atoms with E-state index in [-0.39, 0.29) is 0 Å². The highest BCUT2D eigenvalue weighted by molar-refractivity contribution is 5.24. The number of hydrogen-bond acceptors (Lipinski definition) is 1. The van der Waals surface area contributed by atoms with Gasteiger partial charge in [0.25, 0.3) is 0 Å². The minimum absolute atomic E-state index is 0.606. The second-order valence-electron chi connectivity index (χ2n) is 10.0. The Bertz CT molecular complexity index is 621. The Morgan fingerprint density at radius 2 is 1.50 bits per heavy atom. The molecule has 2 aliphatic rings. The predicted molar refractivity (Wildman–Crippen MR) is 116 cm³/mol. The third-order valence-electron chi connectivity index (χ3n) is 7.90. The van der Waals surface area contributed by atoms with Gasteiger partial charge in [-0.3, -0.25) is 0 Å². The predicted octanol–water partition coefficient (Wildman–Crippen LogP) is 7.95. The largest absolute Gasteiger partial charge is 0.416 e. The van der Waals surface area contributed by atoms with Crippen LogP contribution >= 0.6 is 0 Å². The molecule has 1 aromatic rings. The van der Waals surface area contributed by atoms with E-state index in [0.717, 1.165) is 61.1 Å². The second-order valence-corrected chi connectivity index (χ2v) is 10.0. The van der Waals surface area contributed by atoms with Crippen LogP contribution in [0.1, 0.15) is 102 Å². The lowest BCUT2D eigenvalue weighted by Crippen LogP contribution is -2.37. The number of hydrogen-bond donors (Lipinski definition) is 1. The summed E-state index contributed by atoms with van der Waals surface area (Å²) in [4.78, 5) is 0. The van der Waals surface area contributed by atoms with Gasteiger partial charge in [-0.1, -0.05) is 57.6 Å². The fourth-order valence-corrected chi connectivity index (χ4v) is 5.77. The normalized spacial score (nSPS) is 30.4. The summed E-state index contributed by atoms with van der Waals surface area (Å²) >= 11 is 0. The van der Waals surface area contributed by atoms with Gasteiger partial charge >= 0.3 is 6.18 Å². The number of benzene rings is 1. The highest BCUT2D eigenvalue weighted by Crippen LogP contribution is 2.44. The van der Waals surface area contributed by atoms with Gasteiger partial charge in [0.15, 0.2) is 0 Å². The van der Waals surface area contributed by atoms with E-state index in [2.05, 4.69) is 6.92 Å². The van der Waals surface area contributed by atoms with Crippen molar-refractivity contribution in [1.82, 2.24) is 0 Å². The summed E-state index contributed by atoms with van der Waals surface area (Å²) in [5.74, 6) is 2.54. The highest BCUT2D eigenvalue weighted by Gasteiger charge is 2.37. The lowest BCUT2D eigenvalue weighted by Gasteiger charge is -2.41. The number of rotatable bonds is 8. The Morgan fingerprint density at radius 1 is 0.900 bits per heavy atom. The first kappa shape index (κ1) is 23.6. The van der Waals surface area contributed by atoms with E-state index < -0.39 is 17.3 Å². The minimum Gasteiger partial charge on any atom is -0.390 e. The molecule has 3 rings (SSSR count). The molecule has 1 N–H and O–H groups in total. The van der Waals surface area contributed by atoms with Crippen LogP contribution in [0.15, 0.2) is 24.3 Å². The Kier molecular flexibility index (Phi) is 8.29. The molecular formula is C26H39F3O. The van der Waals surface area contributed by atoms with E-state index in [1.54, 1.807) is 12.1 Å². The van der Waals surface area contributed by atoms with Crippen LogP contribution < -0.4 is 0 Å². The topological polar surface area (TPSA) is 20.2 Å². The molecule has 170 valence electrons. The first-order valence-electron chi connectivity index (χ1n) is 12.2. The molecule has 1 aromatic carbocycles. The van der Waals surface area contributed by atoms with Crippen molar-refractivity contribution in [3.8, 4) is 0 Å². The molecule has 0 aliphatic heterocycles. The van der Waals surface area contributed by atoms with E-state index >= 15 is 0 Å². The lowest BCUT2D eigenvalue weighted by atomic mass is 9.67. The van der Waals surface area contributed by atoms with Crippen LogP contribution in [0.5, 0.6) is 0 Å². The summed E-state index contributed by atoms with van der Waals surface area (Å²) < 4.78 is 38.1. The van der Waals surface area contributed by atoms with Crippen LogP contribution in [0.25, 0.3) is 0 Å². The Hall–Kier alpha value is -1.03. The molecule has 0 heterocycles. The molecule has 0 saturated heterocycles. The number of aryl methyl sites for hydroxylation is 1. The van der Waals surface area contributed by atoms with Crippen molar-refractivity contribution in [1.29, 1.82) is 0 Å². The quantitative estimate of drug-likeness (QED) is 0.420. The second kappa shape index (κ2) is 10.5. The van der Waals surface area contributed by atoms with E-state index in [1.807, 2.05) is 0 Å². The third kappa shape index (κ3) is 6.73. The molecule has 0 bridgehead atoms. The van der Waals surface area contributed by atoms with Gasteiger partial charge in [-0.15, -0.1) is 0 Å². The molecule has 4 heteroatoms. The Morgan fingerprint density at radius 3 is 2.07 bits per heavy atom. The van der Waals surface area contributed by atoms with Crippen LogP contribution in [0.3, 0.4) is 0 Å². The van der Waals surface area contributed by atoms with Crippen molar-refractivity contribution in [3.63, 3.8) is 0 Å². The van der Waals surface area contributed by atoms with E-state index in [0.29, 0.717) is 12.8 Å². The van der Waals surface area contributed by atoms with Gasteiger partial charge in [-0.2, -0.15) is 13.2 Å². The van der Waals surface area contributed by atoms with Gasteiger partial charge in [0.1, 0.15) is 0 Å². The zero-order valence-corrected chi connectivity index (χ0v) is 18.5. The third-order valence-corrected chi connectivity index (χ3v) is 7.90. The SMILES string of the molecule is CCCCCC1CCC(C2CCC(O)(CCc3ccc(C(F)(F)F)cc3)CC2)CC1. The van der Waals surface area contributed by atoms with Crippen LogP contribution in [0.4, 0.5) is 13.2 Å². The average Bonchev–Trinajstić information content (AvgIpc) is 2.73. The lowest BCUT2D eigenvalue weighted by molar-refractivity contribution is -0.137. The fourth-order valence-electron chi connectivity index (χ4n) is 5.77. The first-order chi connectivity index (χ1) is 14.3. The molecule has 0 atom stereocenters. The molecule has 30 heavy (non-hydrogen) atoms. The fraction of sp³-hybridized carbons (Fsp3) is 0.769. The summed E-state index contributed by atoms with van der Waals surface area (Å²) in [6.45, 7) is 2.27. The van der Waals surface area contributed by atoms with Crippen molar-refractivity contribution < 1.29 is 18.3 Å². The zero-order valence-electron chi connectivity index (χ0n) is 18.5. The van der Waals surface area contributed by atoms with E-state index in [4.69, 9.17) is 0 Å². The molecule has 0 spiro atoms. The molecule has 0 unspecified atom stereocenters. The van der Waals surface area contributed by atoms with Crippen molar-refractivity contribution in [2.24, 2.45) is 17.8 Å². The van der Waals surface area contributed by atoms with Gasteiger partial charge in [0, 0.05) is 0 Å². The van der Waals surface area contributed by atoms with Crippen molar-refractivity contribution in [2.75, 3.05) is 0 Å². The molecular weight excluding hydrogens is 385 g/mol. The first-order valence-corrected chi connectivity index (χ1v) is 12.2. The summed E-state index contributed by atoms with van der Waals surface area (Å²) in [7, 11) is 0. The van der Waals surface area contributed by atoms with Gasteiger partial charge in [-0.25, -0.2) is 0 Å². The van der Waals surface area contributed by atoms with Gasteiger partial charge in [0.2, 0.25) is 0 Å². The average molecular weight is 425 g/mol. The van der Waals surface area contributed by atoms with Crippen LogP contribution in [0, 0.1) is 17.8 Å². The molecule has 0 amide bonds. The minimum atomic E-state index is -4.29. The molecule has 2 saturated carbocycles. The van der Waals surface area contributed by atoms with Crippen molar-refractivity contribution >= 4 is 0 Å². The maximum atomic E-state index is 12.7. The van der Waals surface area contributed by atoms with Crippen LogP contribution in [-0.4, -0.2) is 10.7 Å². The molecule has 0 radical (unpaired) electrons. The van der Waals surface area contributed by atoms with E-state index in [9.17, 15) is 18.3 Å². The molecule has 0 aromatic heterocycles. The smallest absolute Gasteiger partial charge is 0.390 e. The highest BCUT2D eigenvalue weighted by atomic mass is 19.4. The molecule has 2 fully saturated rings. The van der Waals surface area contributed by atoms with Gasteiger partial charge < -0.3 is 5.11 Å². The zero-order chi connectivity index (χ0) is 21.6. The summed E-state index contributed by atoms with van der Waals surface area (Å²) in [6.07, 6.45) is 11.9. The monoisotopic (exact) mass is 424 g/mol. The maximum Gasteiger partial charge on any atom is 0.416 e. The number of aliphatic hydroxyl groups is 1. The Balaban J connectivity index is 1.39. The standard InChI is InChI=1S/C26H39F3O/c1-2-3-4-5-20-6-10-22(11-7-20)23-15-18-25(30,19-16-23)17-14-21-8-12-24(13-9-21)26(27,28)29/h8-9,12-13,20,22-23,30H,2-7,10-11,14-19H2,1H3. The Labute approximate surface area is 180 Å². The van der Waals surface area contributed by atoms with Crippen molar-refractivity contribution in [3.05, 3.63) is 35.4 Å². The van der Waals surface area contributed by atoms with Crippen LogP contribution in [-0.2, 0) is 12.6 Å². The molecule has 1 nitrogen and oxygen atoms in total. The molecule has 2 aliphatic carbocycles. The van der Waals surface area contributed by atoms with Gasteiger partial charge in [0.05, 0.1) is 11.2 Å². The number of alkyl halides is 3. The summed E-state index contributed by atoms with van der Waals surface area (Å²) in [5.41, 5.74) is -0.373. The maximum absolute atomic E-state index is 12.7. The summed E-state index contributed by atoms with van der Waals surface area (Å²) in [6, 6.07) is 5.40. The van der Waals surface area contributed by atoms with Gasteiger partial charge in [-0.05, 0) is 86.8 Å². The number of halogens is 3. The summed E-state index contributed by atoms with van der Waals surface area (Å²) in [5, 5.41) is 11.0. The number of unbranched alkanes of at least 4 members (excludes halogenated alkanes) is 2. The van der Waals surface area contributed by atoms with Crippen molar-refractivity contribution in [2.45, 2.75) is 109 Å². The van der Waals surface area contributed by atoms with Crippen LogP contribution in [0.2, 0.25) is 0 Å².